The number of nitro benzene ring substituents is 1. The highest BCUT2D eigenvalue weighted by Gasteiger charge is 2.27. The van der Waals surface area contributed by atoms with Crippen LogP contribution in [0.25, 0.3) is 0 Å². The first-order chi connectivity index (χ1) is 16.0. The van der Waals surface area contributed by atoms with E-state index in [0.717, 1.165) is 17.2 Å². The normalized spacial score (nSPS) is 14.8. The molecule has 34 heavy (non-hydrogen) atoms. The molecule has 0 aromatic heterocycles. The molecule has 1 aliphatic rings. The molecule has 0 saturated carbocycles. The number of carbonyl (C=O) groups is 1. The molecule has 0 spiro atoms. The van der Waals surface area contributed by atoms with Crippen LogP contribution in [-0.2, 0) is 14.8 Å². The minimum Gasteiger partial charge on any atom is -0.363 e. The molecule has 0 unspecified atom stereocenters. The Kier molecular flexibility index (Phi) is 7.78. The van der Waals surface area contributed by atoms with Crippen LogP contribution in [0.1, 0.15) is 25.0 Å². The molecule has 0 radical (unpaired) electrons. The number of hydrogen-bond donors (Lipinski definition) is 2. The summed E-state index contributed by atoms with van der Waals surface area (Å²) in [6.07, 6.45) is 0. The lowest BCUT2D eigenvalue weighted by Crippen LogP contribution is -2.50. The van der Waals surface area contributed by atoms with Crippen LogP contribution in [-0.4, -0.2) is 62.9 Å². The standard InChI is InChI=1S/C23H31N5O5S/c1-16(2)24-23(29)15-26-9-11-27(12-10-26)21-8-6-19(14-22(21)28(30)31)34(32,33)25-20-7-5-17(3)13-18(20)4/h5-8,13-14,16,25H,9-12,15H2,1-4H3,(H,24,29). The lowest BCUT2D eigenvalue weighted by molar-refractivity contribution is -0.384. The number of aryl methyl sites for hydroxylation is 2. The van der Waals surface area contributed by atoms with Gasteiger partial charge in [0.15, 0.2) is 0 Å². The van der Waals surface area contributed by atoms with Gasteiger partial charge in [0, 0.05) is 38.3 Å². The Labute approximate surface area is 200 Å². The van der Waals surface area contributed by atoms with Crippen LogP contribution in [0.2, 0.25) is 0 Å². The van der Waals surface area contributed by atoms with Gasteiger partial charge in [-0.05, 0) is 51.5 Å². The van der Waals surface area contributed by atoms with Gasteiger partial charge in [0.05, 0.1) is 22.1 Å². The van der Waals surface area contributed by atoms with Crippen molar-refractivity contribution in [2.24, 2.45) is 0 Å². The van der Waals surface area contributed by atoms with Gasteiger partial charge >= 0.3 is 0 Å². The smallest absolute Gasteiger partial charge is 0.293 e. The van der Waals surface area contributed by atoms with Crippen LogP contribution >= 0.6 is 0 Å². The second-order valence-corrected chi connectivity index (χ2v) is 10.5. The highest BCUT2D eigenvalue weighted by Crippen LogP contribution is 2.32. The van der Waals surface area contributed by atoms with E-state index in [9.17, 15) is 23.3 Å². The largest absolute Gasteiger partial charge is 0.363 e. The van der Waals surface area contributed by atoms with Gasteiger partial charge < -0.3 is 10.2 Å². The van der Waals surface area contributed by atoms with Crippen LogP contribution in [0.5, 0.6) is 0 Å². The fourth-order valence-electron chi connectivity index (χ4n) is 3.93. The van der Waals surface area contributed by atoms with Crippen LogP contribution in [0.3, 0.4) is 0 Å². The second kappa shape index (κ2) is 10.4. The first kappa shape index (κ1) is 25.4. The third kappa shape index (κ3) is 6.23. The molecular formula is C23H31N5O5S. The first-order valence-electron chi connectivity index (χ1n) is 11.1. The van der Waals surface area contributed by atoms with E-state index in [1.54, 1.807) is 19.1 Å². The van der Waals surface area contributed by atoms with Gasteiger partial charge in [-0.2, -0.15) is 0 Å². The third-order valence-corrected chi connectivity index (χ3v) is 6.97. The Morgan fingerprint density at radius 3 is 2.35 bits per heavy atom. The third-order valence-electron chi connectivity index (χ3n) is 5.61. The number of nitro groups is 1. The minimum atomic E-state index is -4.01. The molecule has 1 fully saturated rings. The Morgan fingerprint density at radius 1 is 1.09 bits per heavy atom. The number of carbonyl (C=O) groups excluding carboxylic acids is 1. The van der Waals surface area contributed by atoms with Crippen molar-refractivity contribution in [3.8, 4) is 0 Å². The predicted octanol–water partition coefficient (Wildman–Crippen LogP) is 2.66. The van der Waals surface area contributed by atoms with Gasteiger partial charge in [0.1, 0.15) is 5.69 Å². The summed E-state index contributed by atoms with van der Waals surface area (Å²) in [5.41, 5.74) is 2.28. The summed E-state index contributed by atoms with van der Waals surface area (Å²) in [6, 6.07) is 9.36. The van der Waals surface area contributed by atoms with E-state index in [-0.39, 0.29) is 29.1 Å². The van der Waals surface area contributed by atoms with Crippen LogP contribution in [0, 0.1) is 24.0 Å². The van der Waals surface area contributed by atoms with Crippen molar-refractivity contribution in [1.29, 1.82) is 0 Å². The van der Waals surface area contributed by atoms with Crippen molar-refractivity contribution in [3.63, 3.8) is 0 Å². The zero-order chi connectivity index (χ0) is 25.0. The molecule has 2 aromatic rings. The maximum absolute atomic E-state index is 12.9. The van der Waals surface area contributed by atoms with E-state index >= 15 is 0 Å². The van der Waals surface area contributed by atoms with Crippen molar-refractivity contribution in [1.82, 2.24) is 10.2 Å². The summed E-state index contributed by atoms with van der Waals surface area (Å²) in [5, 5.41) is 14.7. The summed E-state index contributed by atoms with van der Waals surface area (Å²) in [6.45, 7) is 9.89. The Hall–Kier alpha value is -3.18. The van der Waals surface area contributed by atoms with E-state index in [4.69, 9.17) is 0 Å². The molecular weight excluding hydrogens is 458 g/mol. The van der Waals surface area contributed by atoms with Crippen molar-refractivity contribution in [2.45, 2.75) is 38.6 Å². The number of anilines is 2. The van der Waals surface area contributed by atoms with E-state index in [1.165, 1.54) is 12.1 Å². The average Bonchev–Trinajstić information content (AvgIpc) is 2.75. The van der Waals surface area contributed by atoms with Crippen molar-refractivity contribution < 1.29 is 18.1 Å². The summed E-state index contributed by atoms with van der Waals surface area (Å²) in [4.78, 5) is 26.9. The number of piperazine rings is 1. The molecule has 1 amide bonds. The molecule has 0 bridgehead atoms. The fraction of sp³-hybridized carbons (Fsp3) is 0.435. The maximum Gasteiger partial charge on any atom is 0.293 e. The molecule has 10 nitrogen and oxygen atoms in total. The average molecular weight is 490 g/mol. The van der Waals surface area contributed by atoms with E-state index in [1.807, 2.05) is 36.6 Å². The zero-order valence-electron chi connectivity index (χ0n) is 19.9. The summed E-state index contributed by atoms with van der Waals surface area (Å²) in [5.74, 6) is -0.0553. The van der Waals surface area contributed by atoms with Crippen molar-refractivity contribution in [2.75, 3.05) is 42.3 Å². The Bertz CT molecular complexity index is 1170. The second-order valence-electron chi connectivity index (χ2n) is 8.82. The number of amides is 1. The molecule has 0 aliphatic carbocycles. The number of sulfonamides is 1. The SMILES string of the molecule is Cc1ccc(NS(=O)(=O)c2ccc(N3CCN(CC(=O)NC(C)C)CC3)c([N+](=O)[O-])c2)c(C)c1. The van der Waals surface area contributed by atoms with Gasteiger partial charge in [-0.15, -0.1) is 0 Å². The highest BCUT2D eigenvalue weighted by atomic mass is 32.2. The molecule has 0 atom stereocenters. The van der Waals surface area contributed by atoms with Gasteiger partial charge in [-0.3, -0.25) is 24.5 Å². The molecule has 2 aromatic carbocycles. The molecule has 3 rings (SSSR count). The number of rotatable bonds is 8. The fourth-order valence-corrected chi connectivity index (χ4v) is 5.08. The molecule has 1 saturated heterocycles. The van der Waals surface area contributed by atoms with Gasteiger partial charge in [0.2, 0.25) is 5.91 Å². The lowest BCUT2D eigenvalue weighted by Gasteiger charge is -2.35. The van der Waals surface area contributed by atoms with Crippen molar-refractivity contribution in [3.05, 3.63) is 57.6 Å². The number of nitrogens with one attached hydrogen (secondary N) is 2. The summed E-state index contributed by atoms with van der Waals surface area (Å²) < 4.78 is 28.4. The molecule has 11 heteroatoms. The molecule has 1 heterocycles. The number of hydrogen-bond acceptors (Lipinski definition) is 7. The Balaban J connectivity index is 1.76. The van der Waals surface area contributed by atoms with Crippen molar-refractivity contribution >= 4 is 33.0 Å². The summed E-state index contributed by atoms with van der Waals surface area (Å²) >= 11 is 0. The van der Waals surface area contributed by atoms with Crippen LogP contribution in [0.15, 0.2) is 41.3 Å². The lowest BCUT2D eigenvalue weighted by atomic mass is 10.1. The number of nitrogens with zero attached hydrogens (tertiary/aromatic N) is 3. The van der Waals surface area contributed by atoms with Gasteiger partial charge in [-0.1, -0.05) is 17.7 Å². The summed E-state index contributed by atoms with van der Waals surface area (Å²) in [7, 11) is -4.01. The first-order valence-corrected chi connectivity index (χ1v) is 12.6. The number of benzene rings is 2. The quantitative estimate of drug-likeness (QED) is 0.431. The Morgan fingerprint density at radius 2 is 1.76 bits per heavy atom. The molecule has 1 aliphatic heterocycles. The highest BCUT2D eigenvalue weighted by molar-refractivity contribution is 7.92. The van der Waals surface area contributed by atoms with Crippen LogP contribution < -0.4 is 14.9 Å². The minimum absolute atomic E-state index is 0.0553. The molecule has 2 N–H and O–H groups in total. The van der Waals surface area contributed by atoms with Crippen LogP contribution in [0.4, 0.5) is 17.1 Å². The van der Waals surface area contributed by atoms with E-state index in [0.29, 0.717) is 37.6 Å². The monoisotopic (exact) mass is 489 g/mol. The van der Waals surface area contributed by atoms with Gasteiger partial charge in [0.25, 0.3) is 15.7 Å². The van der Waals surface area contributed by atoms with E-state index in [2.05, 4.69) is 10.0 Å². The van der Waals surface area contributed by atoms with E-state index < -0.39 is 14.9 Å². The topological polar surface area (TPSA) is 125 Å². The molecule has 184 valence electrons. The van der Waals surface area contributed by atoms with Gasteiger partial charge in [-0.25, -0.2) is 8.42 Å². The maximum atomic E-state index is 12.9. The zero-order valence-corrected chi connectivity index (χ0v) is 20.7. The predicted molar refractivity (Wildman–Crippen MR) is 132 cm³/mol.